The lowest BCUT2D eigenvalue weighted by atomic mass is 10.2. The number of hydrogen-bond donors (Lipinski definition) is 0. The number of benzene rings is 2. The molecule has 28 heavy (non-hydrogen) atoms. The van der Waals surface area contributed by atoms with E-state index >= 15 is 0 Å². The zero-order valence-corrected chi connectivity index (χ0v) is 17.1. The lowest BCUT2D eigenvalue weighted by Gasteiger charge is -2.13. The summed E-state index contributed by atoms with van der Waals surface area (Å²) in [4.78, 5) is 18.7. The maximum atomic E-state index is 13.2. The number of halogens is 1. The first-order valence-electron chi connectivity index (χ1n) is 8.26. The van der Waals surface area contributed by atoms with Crippen LogP contribution < -0.4 is 9.75 Å². The highest BCUT2D eigenvalue weighted by Gasteiger charge is 2.21. The highest BCUT2D eigenvalue weighted by atomic mass is 35.5. The van der Waals surface area contributed by atoms with Crippen molar-refractivity contribution in [3.8, 4) is 5.75 Å². The van der Waals surface area contributed by atoms with Crippen LogP contribution in [0.4, 0.5) is 5.13 Å². The number of rotatable bonds is 5. The molecule has 8 heteroatoms. The number of fused-ring (bicyclic) bond motifs is 1. The van der Waals surface area contributed by atoms with Crippen molar-refractivity contribution in [2.75, 3.05) is 12.1 Å². The van der Waals surface area contributed by atoms with E-state index in [2.05, 4.69) is 10.1 Å². The van der Waals surface area contributed by atoms with E-state index in [1.165, 1.54) is 27.7 Å². The second-order valence-electron chi connectivity index (χ2n) is 5.72. The molecule has 5 nitrogen and oxygen atoms in total. The maximum Gasteiger partial charge on any atom is 0.280 e. The fraction of sp³-hybridized carbons (Fsp3) is 0.0500. The topological polar surface area (TPSA) is 54.8 Å². The molecule has 0 fully saturated rings. The number of hydrogen-bond acceptors (Lipinski definition) is 6. The summed E-state index contributed by atoms with van der Waals surface area (Å²) >= 11 is 8.97. The van der Waals surface area contributed by atoms with Gasteiger partial charge in [-0.15, -0.1) is 11.3 Å². The molecular weight excluding hydrogens is 414 g/mol. The quantitative estimate of drug-likeness (QED) is 0.303. The van der Waals surface area contributed by atoms with Gasteiger partial charge in [-0.25, -0.2) is 4.98 Å². The molecule has 0 radical (unpaired) electrons. The molecule has 0 saturated carbocycles. The molecule has 0 unspecified atom stereocenters. The Balaban J connectivity index is 1.77. The van der Waals surface area contributed by atoms with Crippen LogP contribution in [-0.2, 0) is 0 Å². The molecule has 0 aliphatic rings. The molecule has 4 aromatic rings. The van der Waals surface area contributed by atoms with Gasteiger partial charge in [0.1, 0.15) is 5.75 Å². The van der Waals surface area contributed by atoms with Gasteiger partial charge in [0.25, 0.3) is 5.91 Å². The SMILES string of the molecule is COc1ccc2nc(N(/N=C/c3cccs3)C(=O)c3cccc(Cl)c3)sc2c1. The van der Waals surface area contributed by atoms with E-state index in [0.29, 0.717) is 15.7 Å². The Kier molecular flexibility index (Phi) is 5.38. The number of carbonyl (C=O) groups excluding carboxylic acids is 1. The monoisotopic (exact) mass is 427 g/mol. The van der Waals surface area contributed by atoms with Crippen LogP contribution in [0.3, 0.4) is 0 Å². The summed E-state index contributed by atoms with van der Waals surface area (Å²) in [6, 6.07) is 16.2. The molecule has 2 aromatic carbocycles. The minimum Gasteiger partial charge on any atom is -0.497 e. The zero-order chi connectivity index (χ0) is 19.5. The summed E-state index contributed by atoms with van der Waals surface area (Å²) in [5.74, 6) is 0.429. The predicted molar refractivity (Wildman–Crippen MR) is 116 cm³/mol. The van der Waals surface area contributed by atoms with Gasteiger partial charge in [-0.1, -0.05) is 35.1 Å². The standard InChI is InChI=1S/C20H14ClN3O2S2/c1-26-15-7-8-17-18(11-15)28-20(23-17)24(22-12-16-6-3-9-27-16)19(25)13-4-2-5-14(21)10-13/h2-12H,1H3/b22-12+. The number of hydrazone groups is 1. The highest BCUT2D eigenvalue weighted by Crippen LogP contribution is 2.32. The zero-order valence-electron chi connectivity index (χ0n) is 14.7. The minimum atomic E-state index is -0.304. The molecule has 0 aliphatic heterocycles. The van der Waals surface area contributed by atoms with E-state index in [4.69, 9.17) is 16.3 Å². The van der Waals surface area contributed by atoms with Crippen molar-refractivity contribution >= 4 is 61.7 Å². The molecular formula is C20H14ClN3O2S2. The van der Waals surface area contributed by atoms with Crippen LogP contribution in [0.2, 0.25) is 5.02 Å². The van der Waals surface area contributed by atoms with E-state index in [1.807, 2.05) is 35.7 Å². The van der Waals surface area contributed by atoms with Gasteiger partial charge in [0, 0.05) is 15.5 Å². The van der Waals surface area contributed by atoms with Crippen LogP contribution in [0.25, 0.3) is 10.2 Å². The van der Waals surface area contributed by atoms with E-state index < -0.39 is 0 Å². The van der Waals surface area contributed by atoms with Crippen LogP contribution in [0.5, 0.6) is 5.75 Å². The second-order valence-corrected chi connectivity index (χ2v) is 8.14. The summed E-state index contributed by atoms with van der Waals surface area (Å²) in [6.45, 7) is 0. The van der Waals surface area contributed by atoms with Gasteiger partial charge in [0.2, 0.25) is 5.13 Å². The molecule has 140 valence electrons. The van der Waals surface area contributed by atoms with Gasteiger partial charge in [0.05, 0.1) is 23.5 Å². The summed E-state index contributed by atoms with van der Waals surface area (Å²) in [6.07, 6.45) is 1.65. The number of amides is 1. The van der Waals surface area contributed by atoms with Crippen LogP contribution in [-0.4, -0.2) is 24.2 Å². The Morgan fingerprint density at radius 3 is 2.86 bits per heavy atom. The normalized spacial score (nSPS) is 11.2. The van der Waals surface area contributed by atoms with Crippen molar-refractivity contribution in [1.82, 2.24) is 4.98 Å². The van der Waals surface area contributed by atoms with Gasteiger partial charge < -0.3 is 4.74 Å². The van der Waals surface area contributed by atoms with Crippen molar-refractivity contribution in [3.63, 3.8) is 0 Å². The predicted octanol–water partition coefficient (Wildman–Crippen LogP) is 5.70. The number of nitrogens with zero attached hydrogens (tertiary/aromatic N) is 3. The van der Waals surface area contributed by atoms with E-state index in [1.54, 1.807) is 37.6 Å². The molecule has 0 bridgehead atoms. The Labute approximate surface area is 174 Å². The molecule has 0 spiro atoms. The van der Waals surface area contributed by atoms with Gasteiger partial charge >= 0.3 is 0 Å². The van der Waals surface area contributed by atoms with E-state index in [-0.39, 0.29) is 5.91 Å². The van der Waals surface area contributed by atoms with Crippen LogP contribution in [0, 0.1) is 0 Å². The van der Waals surface area contributed by atoms with Crippen LogP contribution >= 0.6 is 34.3 Å². The number of carbonyl (C=O) groups is 1. The summed E-state index contributed by atoms with van der Waals surface area (Å²) < 4.78 is 6.18. The van der Waals surface area contributed by atoms with Gasteiger partial charge in [0.15, 0.2) is 0 Å². The Hall–Kier alpha value is -2.74. The summed E-state index contributed by atoms with van der Waals surface area (Å²) in [5, 5.41) is 8.65. The number of aromatic nitrogens is 1. The van der Waals surface area contributed by atoms with E-state index in [0.717, 1.165) is 20.8 Å². The third-order valence-electron chi connectivity index (χ3n) is 3.87. The third-order valence-corrected chi connectivity index (χ3v) is 5.91. The number of ether oxygens (including phenoxy) is 1. The fourth-order valence-electron chi connectivity index (χ4n) is 2.52. The number of anilines is 1. The maximum absolute atomic E-state index is 13.2. The van der Waals surface area contributed by atoms with Crippen molar-refractivity contribution < 1.29 is 9.53 Å². The Morgan fingerprint density at radius 2 is 2.11 bits per heavy atom. The van der Waals surface area contributed by atoms with Crippen molar-refractivity contribution in [3.05, 3.63) is 75.4 Å². The molecule has 1 amide bonds. The number of methoxy groups -OCH3 is 1. The first-order chi connectivity index (χ1) is 13.6. The number of thiazole rings is 1. The van der Waals surface area contributed by atoms with Gasteiger partial charge in [-0.2, -0.15) is 10.1 Å². The largest absolute Gasteiger partial charge is 0.497 e. The average molecular weight is 428 g/mol. The molecule has 0 atom stereocenters. The Morgan fingerprint density at radius 1 is 1.21 bits per heavy atom. The lowest BCUT2D eigenvalue weighted by molar-refractivity contribution is 0.0988. The first-order valence-corrected chi connectivity index (χ1v) is 10.3. The average Bonchev–Trinajstić information content (AvgIpc) is 3.37. The van der Waals surface area contributed by atoms with E-state index in [9.17, 15) is 4.79 Å². The molecule has 2 heterocycles. The van der Waals surface area contributed by atoms with Crippen LogP contribution in [0.15, 0.2) is 65.1 Å². The molecule has 0 aliphatic carbocycles. The lowest BCUT2D eigenvalue weighted by Crippen LogP contribution is -2.25. The molecule has 2 aromatic heterocycles. The van der Waals surface area contributed by atoms with Crippen LogP contribution in [0.1, 0.15) is 15.2 Å². The second kappa shape index (κ2) is 8.10. The van der Waals surface area contributed by atoms with Gasteiger partial charge in [-0.3, -0.25) is 4.79 Å². The van der Waals surface area contributed by atoms with Crippen molar-refractivity contribution in [1.29, 1.82) is 0 Å². The summed E-state index contributed by atoms with van der Waals surface area (Å²) in [7, 11) is 1.61. The summed E-state index contributed by atoms with van der Waals surface area (Å²) in [5.41, 5.74) is 1.21. The van der Waals surface area contributed by atoms with Crippen molar-refractivity contribution in [2.45, 2.75) is 0 Å². The third kappa shape index (κ3) is 3.91. The molecule has 0 saturated heterocycles. The van der Waals surface area contributed by atoms with Crippen molar-refractivity contribution in [2.24, 2.45) is 5.10 Å². The smallest absolute Gasteiger partial charge is 0.280 e. The molecule has 0 N–H and O–H groups in total. The number of thiophene rings is 1. The highest BCUT2D eigenvalue weighted by molar-refractivity contribution is 7.22. The van der Waals surface area contributed by atoms with Gasteiger partial charge in [-0.05, 0) is 47.8 Å². The first kappa shape index (κ1) is 18.6. The molecule has 4 rings (SSSR count). The Bertz CT molecular complexity index is 1160. The fourth-order valence-corrected chi connectivity index (χ4v) is 4.24. The minimum absolute atomic E-state index is 0.304.